The molecule has 0 bridgehead atoms. The van der Waals surface area contributed by atoms with Crippen LogP contribution in [0.5, 0.6) is 0 Å². The molecule has 5 rings (SSSR count). The number of methoxy groups -OCH3 is 2. The van der Waals surface area contributed by atoms with E-state index in [1.165, 1.54) is 24.2 Å². The second kappa shape index (κ2) is 29.4. The van der Waals surface area contributed by atoms with Crippen molar-refractivity contribution >= 4 is 52.9 Å². The Kier molecular flexibility index (Phi) is 23.4. The van der Waals surface area contributed by atoms with Gasteiger partial charge in [0.25, 0.3) is 11.8 Å². The molecule has 2 aromatic carbocycles. The van der Waals surface area contributed by atoms with Crippen LogP contribution in [-0.2, 0) is 60.8 Å². The van der Waals surface area contributed by atoms with E-state index in [0.29, 0.717) is 70.1 Å². The second-order valence-corrected chi connectivity index (χ2v) is 21.1. The molecule has 0 radical (unpaired) electrons. The van der Waals surface area contributed by atoms with Crippen LogP contribution in [0.4, 0.5) is 5.69 Å². The topological polar surface area (TPSA) is 225 Å². The predicted octanol–water partition coefficient (Wildman–Crippen LogP) is 5.05. The van der Waals surface area contributed by atoms with Crippen LogP contribution in [-0.4, -0.2) is 145 Å². The van der Waals surface area contributed by atoms with Crippen LogP contribution in [0.25, 0.3) is 0 Å². The highest BCUT2D eigenvalue weighted by molar-refractivity contribution is 6.12. The number of anilines is 1. The maximum atomic E-state index is 14.5. The average molecular weight is 1040 g/mol. The number of benzene rings is 2. The van der Waals surface area contributed by atoms with Crippen LogP contribution in [0.1, 0.15) is 123 Å². The fourth-order valence-electron chi connectivity index (χ4n) is 10.6. The van der Waals surface area contributed by atoms with Crippen LogP contribution in [0, 0.1) is 17.8 Å². The van der Waals surface area contributed by atoms with Crippen molar-refractivity contribution in [3.05, 3.63) is 77.9 Å². The molecule has 8 amide bonds. The molecular weight excluding hydrogens is 957 g/mol. The number of ether oxygens (including phenoxy) is 2. The zero-order valence-electron chi connectivity index (χ0n) is 45.7. The number of amides is 8. The maximum Gasteiger partial charge on any atom is 0.253 e. The third kappa shape index (κ3) is 17.0. The lowest BCUT2D eigenvalue weighted by molar-refractivity contribution is -0.148. The molecule has 0 saturated carbocycles. The Morgan fingerprint density at radius 3 is 2.13 bits per heavy atom. The van der Waals surface area contributed by atoms with Crippen molar-refractivity contribution in [1.82, 2.24) is 36.0 Å². The van der Waals surface area contributed by atoms with Crippen LogP contribution in [0.15, 0.2) is 66.7 Å². The van der Waals surface area contributed by atoms with E-state index in [1.54, 1.807) is 55.1 Å². The summed E-state index contributed by atoms with van der Waals surface area (Å²) in [5.41, 5.74) is 2.17. The molecular formula is C57H84N8O10. The number of nitrogens with one attached hydrogen (secondary N) is 5. The molecule has 3 aliphatic heterocycles. The van der Waals surface area contributed by atoms with E-state index in [9.17, 15) is 38.4 Å². The van der Waals surface area contributed by atoms with Crippen LogP contribution in [0.3, 0.4) is 0 Å². The second-order valence-electron chi connectivity index (χ2n) is 21.1. The van der Waals surface area contributed by atoms with Gasteiger partial charge in [0.1, 0.15) is 12.1 Å². The SMILES string of the molecule is CC[C@H](C)[C@@H]([C@@H](CC(=O)N1CCC[C@H]1[C@H](OC)[C@@H](C)C(=O)N[C@@H](Cc1ccccc1)C(=O)Nc1ccc(CNC(=O)CCCCCN2C(=O)C=CC2=O)cc1)OC)N(C)C(=O)[C@@H](NC(=O)[C@@H]1CCC[C@@H](C)N1)C(C)C. The van der Waals surface area contributed by atoms with Gasteiger partial charge >= 0.3 is 0 Å². The maximum absolute atomic E-state index is 14.5. The van der Waals surface area contributed by atoms with Crippen molar-refractivity contribution in [3.63, 3.8) is 0 Å². The first-order valence-corrected chi connectivity index (χ1v) is 27.1. The highest BCUT2D eigenvalue weighted by atomic mass is 16.5. The Balaban J connectivity index is 1.19. The summed E-state index contributed by atoms with van der Waals surface area (Å²) in [7, 11) is 4.80. The normalized spacial score (nSPS) is 20.4. The van der Waals surface area contributed by atoms with Gasteiger partial charge in [-0.15, -0.1) is 0 Å². The molecule has 412 valence electrons. The molecule has 3 heterocycles. The molecule has 18 nitrogen and oxygen atoms in total. The lowest BCUT2D eigenvalue weighted by Crippen LogP contribution is -2.60. The van der Waals surface area contributed by atoms with Gasteiger partial charge in [-0.3, -0.25) is 43.3 Å². The van der Waals surface area contributed by atoms with Gasteiger partial charge in [-0.1, -0.05) is 89.9 Å². The lowest BCUT2D eigenvalue weighted by Gasteiger charge is -2.41. The zero-order chi connectivity index (χ0) is 54.8. The monoisotopic (exact) mass is 1040 g/mol. The molecule has 10 atom stereocenters. The van der Waals surface area contributed by atoms with E-state index in [0.717, 1.165) is 24.0 Å². The summed E-state index contributed by atoms with van der Waals surface area (Å²) >= 11 is 0. The van der Waals surface area contributed by atoms with E-state index in [4.69, 9.17) is 9.47 Å². The Hall–Kier alpha value is -5.98. The van der Waals surface area contributed by atoms with E-state index in [1.807, 2.05) is 58.0 Å². The number of piperidine rings is 1. The number of unbranched alkanes of at least 4 members (excludes halogenated alkanes) is 2. The minimum absolute atomic E-state index is 0.0249. The van der Waals surface area contributed by atoms with Gasteiger partial charge in [-0.25, -0.2) is 0 Å². The number of likely N-dealkylation sites (tertiary alicyclic amines) is 1. The summed E-state index contributed by atoms with van der Waals surface area (Å²) in [6, 6.07) is 13.6. The van der Waals surface area contributed by atoms with Crippen molar-refractivity contribution in [2.24, 2.45) is 17.8 Å². The fourth-order valence-corrected chi connectivity index (χ4v) is 10.6. The molecule has 0 aromatic heterocycles. The summed E-state index contributed by atoms with van der Waals surface area (Å²) in [5.74, 6) is -3.23. The summed E-state index contributed by atoms with van der Waals surface area (Å²) in [5, 5.41) is 15.3. The molecule has 2 aromatic rings. The smallest absolute Gasteiger partial charge is 0.253 e. The minimum Gasteiger partial charge on any atom is -0.379 e. The van der Waals surface area contributed by atoms with Crippen molar-refractivity contribution in [3.8, 4) is 0 Å². The Morgan fingerprint density at radius 2 is 1.51 bits per heavy atom. The summed E-state index contributed by atoms with van der Waals surface area (Å²) in [4.78, 5) is 111. The Labute approximate surface area is 444 Å². The van der Waals surface area contributed by atoms with E-state index in [-0.39, 0.29) is 78.7 Å². The quantitative estimate of drug-likeness (QED) is 0.0561. The Morgan fingerprint density at radius 1 is 0.813 bits per heavy atom. The number of imide groups is 1. The number of carbonyl (C=O) groups is 8. The third-order valence-corrected chi connectivity index (χ3v) is 15.2. The van der Waals surface area contributed by atoms with Crippen molar-refractivity contribution < 1.29 is 47.8 Å². The van der Waals surface area contributed by atoms with Crippen LogP contribution >= 0.6 is 0 Å². The van der Waals surface area contributed by atoms with Gasteiger partial charge < -0.3 is 45.9 Å². The summed E-state index contributed by atoms with van der Waals surface area (Å²) in [6.45, 7) is 12.8. The third-order valence-electron chi connectivity index (χ3n) is 15.2. The number of hydrogen-bond donors (Lipinski definition) is 5. The average Bonchev–Trinajstić information content (AvgIpc) is 4.02. The minimum atomic E-state index is -0.969. The summed E-state index contributed by atoms with van der Waals surface area (Å²) in [6.07, 6.45) is 8.17. The van der Waals surface area contributed by atoms with Gasteiger partial charge in [0, 0.05) is 77.6 Å². The fraction of sp³-hybridized carbons (Fsp3) is 0.614. The molecule has 75 heavy (non-hydrogen) atoms. The van der Waals surface area contributed by atoms with E-state index < -0.39 is 54.1 Å². The summed E-state index contributed by atoms with van der Waals surface area (Å²) < 4.78 is 12.1. The number of rotatable bonds is 28. The zero-order valence-corrected chi connectivity index (χ0v) is 45.7. The van der Waals surface area contributed by atoms with E-state index >= 15 is 0 Å². The first kappa shape index (κ1) is 59.9. The van der Waals surface area contributed by atoms with Crippen LogP contribution in [0.2, 0.25) is 0 Å². The molecule has 3 aliphatic rings. The van der Waals surface area contributed by atoms with Gasteiger partial charge in [-0.2, -0.15) is 0 Å². The van der Waals surface area contributed by atoms with Crippen LogP contribution < -0.4 is 26.6 Å². The van der Waals surface area contributed by atoms with E-state index in [2.05, 4.69) is 33.5 Å². The molecule has 0 spiro atoms. The van der Waals surface area contributed by atoms with Gasteiger partial charge in [0.05, 0.1) is 42.7 Å². The molecule has 18 heteroatoms. The van der Waals surface area contributed by atoms with Gasteiger partial charge in [0.15, 0.2) is 0 Å². The lowest BCUT2D eigenvalue weighted by atomic mass is 9.89. The number of likely N-dealkylation sites (N-methyl/N-ethyl adjacent to an activating group) is 1. The molecule has 0 aliphatic carbocycles. The first-order chi connectivity index (χ1) is 35.9. The highest BCUT2D eigenvalue weighted by Gasteiger charge is 2.43. The number of nitrogens with zero attached hydrogens (tertiary/aromatic N) is 3. The van der Waals surface area contributed by atoms with Gasteiger partial charge in [-0.05, 0) is 87.0 Å². The largest absolute Gasteiger partial charge is 0.379 e. The van der Waals surface area contributed by atoms with Crippen molar-refractivity contribution in [2.45, 2.75) is 174 Å². The van der Waals surface area contributed by atoms with Crippen molar-refractivity contribution in [2.75, 3.05) is 39.7 Å². The highest BCUT2D eigenvalue weighted by Crippen LogP contribution is 2.30. The number of hydrogen-bond acceptors (Lipinski definition) is 11. The standard InChI is InChI=1S/C57H84N8O10/c1-10-37(4)52(63(7)57(73)51(36(2)3)62-55(71)43-22-17-19-38(5)59-43)46(74-8)34-50(69)64-32-18-23-45(64)53(75-9)39(6)54(70)61-44(33-40-20-13-11-14-21-40)56(72)60-42-27-25-41(26-28-42)35-58-47(66)24-15-12-16-31-65-48(67)29-30-49(65)68/h11,13-14,20-21,25-30,36-39,43-46,51-53,59H,10,12,15-19,22-24,31-35H2,1-9H3,(H,58,66)(H,60,72)(H,61,70)(H,62,71)/t37-,38+,39+,43-,44-,45-,46+,51-,52-,53+/m0/s1. The number of carbonyl (C=O) groups excluding carboxylic acids is 8. The molecule has 2 saturated heterocycles. The molecule has 2 fully saturated rings. The van der Waals surface area contributed by atoms with Gasteiger partial charge in [0.2, 0.25) is 35.4 Å². The molecule has 5 N–H and O–H groups in total. The predicted molar refractivity (Wildman–Crippen MR) is 286 cm³/mol. The first-order valence-electron chi connectivity index (χ1n) is 27.1. The molecule has 0 unspecified atom stereocenters. The van der Waals surface area contributed by atoms with Crippen molar-refractivity contribution in [1.29, 1.82) is 0 Å². The Bertz CT molecular complexity index is 2260.